The number of carbonyl (C=O) groups excluding carboxylic acids is 6. The Morgan fingerprint density at radius 3 is 2.29 bits per heavy atom. The van der Waals surface area contributed by atoms with Crippen molar-refractivity contribution < 1.29 is 33.5 Å². The number of benzene rings is 3. The molecule has 282 valence electrons. The van der Waals surface area contributed by atoms with Crippen LogP contribution in [0.5, 0.6) is 5.75 Å². The van der Waals surface area contributed by atoms with Gasteiger partial charge in [0, 0.05) is 50.3 Å². The SMILES string of the molecule is N#Cc1ccc(O[C@H]2CC[C@H](NC(=O)c3ccc4c(c3)CCN(CC(=O)N3CCc5cc6c(cc5C3)C(=O)N(C3CCC(=O)NC3=O)C6=O)C4)CC2)cc1Cl. The molecule has 55 heavy (non-hydrogen) atoms. The van der Waals surface area contributed by atoms with E-state index in [1.165, 1.54) is 0 Å². The van der Waals surface area contributed by atoms with Gasteiger partial charge < -0.3 is 15.0 Å². The van der Waals surface area contributed by atoms with Gasteiger partial charge in [0.1, 0.15) is 17.9 Å². The van der Waals surface area contributed by atoms with Crippen LogP contribution in [0.2, 0.25) is 5.02 Å². The minimum Gasteiger partial charge on any atom is -0.490 e. The van der Waals surface area contributed by atoms with Gasteiger partial charge in [-0.15, -0.1) is 0 Å². The molecule has 5 aliphatic rings. The minimum absolute atomic E-state index is 0.0136. The van der Waals surface area contributed by atoms with E-state index in [4.69, 9.17) is 21.6 Å². The van der Waals surface area contributed by atoms with Crippen molar-refractivity contribution >= 4 is 47.0 Å². The number of rotatable bonds is 7. The van der Waals surface area contributed by atoms with Gasteiger partial charge in [0.2, 0.25) is 17.7 Å². The van der Waals surface area contributed by atoms with Crippen molar-refractivity contribution in [1.82, 2.24) is 25.3 Å². The summed E-state index contributed by atoms with van der Waals surface area (Å²) >= 11 is 6.15. The van der Waals surface area contributed by atoms with Crippen LogP contribution in [0.3, 0.4) is 0 Å². The van der Waals surface area contributed by atoms with E-state index >= 15 is 0 Å². The van der Waals surface area contributed by atoms with E-state index in [0.717, 1.165) is 52.8 Å². The van der Waals surface area contributed by atoms with Gasteiger partial charge in [0.25, 0.3) is 17.7 Å². The maximum Gasteiger partial charge on any atom is 0.262 e. The number of nitriles is 1. The average molecular weight is 763 g/mol. The molecule has 13 nitrogen and oxygen atoms in total. The molecule has 6 amide bonds. The Morgan fingerprint density at radius 2 is 1.56 bits per heavy atom. The van der Waals surface area contributed by atoms with Crippen LogP contribution < -0.4 is 15.4 Å². The Morgan fingerprint density at radius 1 is 0.836 bits per heavy atom. The molecule has 4 aliphatic heterocycles. The number of ether oxygens (including phenoxy) is 1. The van der Waals surface area contributed by atoms with E-state index in [0.29, 0.717) is 60.9 Å². The van der Waals surface area contributed by atoms with Crippen molar-refractivity contribution in [3.8, 4) is 11.8 Å². The number of nitrogens with one attached hydrogen (secondary N) is 2. The highest BCUT2D eigenvalue weighted by molar-refractivity contribution is 6.31. The van der Waals surface area contributed by atoms with Crippen LogP contribution in [0.25, 0.3) is 0 Å². The molecule has 1 aliphatic carbocycles. The highest BCUT2D eigenvalue weighted by atomic mass is 35.5. The molecule has 3 aromatic carbocycles. The van der Waals surface area contributed by atoms with E-state index in [9.17, 15) is 28.8 Å². The number of piperidine rings is 1. The fraction of sp³-hybridized carbons (Fsp3) is 0.390. The molecule has 1 saturated carbocycles. The topological polar surface area (TPSA) is 169 Å². The standard InChI is InChI=1S/C41H39ClN6O7/c42-34-18-31(6-3-26(34)19-43)55-30-7-4-29(5-8-30)44-38(51)25-1-2-27-20-46(13-11-23(27)15-25)22-37(50)47-14-12-24-16-32-33(17-28(24)21-47)41(54)48(40(32)53)35-9-10-36(49)45-39(35)52/h1-3,6,15-18,29-30,35H,4-5,7-14,20-22H2,(H,44,51)(H,45,49,52)/t29-,30-,35?. The third kappa shape index (κ3) is 7.32. The molecule has 4 heterocycles. The predicted molar refractivity (Wildman–Crippen MR) is 198 cm³/mol. The van der Waals surface area contributed by atoms with Gasteiger partial charge in [-0.2, -0.15) is 5.26 Å². The summed E-state index contributed by atoms with van der Waals surface area (Å²) in [6.45, 7) is 2.27. The first-order valence-corrected chi connectivity index (χ1v) is 19.1. The number of nitrogens with zero attached hydrogens (tertiary/aromatic N) is 4. The normalized spacial score (nSPS) is 22.3. The molecule has 2 fully saturated rings. The molecule has 2 N–H and O–H groups in total. The van der Waals surface area contributed by atoms with Crippen molar-refractivity contribution in [2.24, 2.45) is 0 Å². The van der Waals surface area contributed by atoms with Crippen LogP contribution in [0, 0.1) is 11.3 Å². The maximum absolute atomic E-state index is 13.5. The number of halogens is 1. The summed E-state index contributed by atoms with van der Waals surface area (Å²) in [4.78, 5) is 82.3. The first kappa shape index (κ1) is 36.4. The molecule has 8 rings (SSSR count). The lowest BCUT2D eigenvalue weighted by molar-refractivity contribution is -0.136. The second kappa shape index (κ2) is 14.9. The van der Waals surface area contributed by atoms with E-state index in [1.54, 1.807) is 35.2 Å². The second-order valence-electron chi connectivity index (χ2n) is 14.9. The van der Waals surface area contributed by atoms with Crippen molar-refractivity contribution in [3.05, 3.63) is 98.1 Å². The lowest BCUT2D eigenvalue weighted by Gasteiger charge is -2.33. The number of hydrogen-bond acceptors (Lipinski definition) is 9. The summed E-state index contributed by atoms with van der Waals surface area (Å²) in [6.07, 6.45) is 4.57. The average Bonchev–Trinajstić information content (AvgIpc) is 3.41. The molecule has 0 radical (unpaired) electrons. The smallest absolute Gasteiger partial charge is 0.262 e. The van der Waals surface area contributed by atoms with Gasteiger partial charge in [0.15, 0.2) is 0 Å². The van der Waals surface area contributed by atoms with Crippen molar-refractivity contribution in [2.45, 2.75) is 82.6 Å². The van der Waals surface area contributed by atoms with Crippen LogP contribution in [0.15, 0.2) is 48.5 Å². The molecule has 14 heteroatoms. The molecule has 1 unspecified atom stereocenters. The molecular formula is C41H39ClN6O7. The molecule has 3 aromatic rings. The minimum atomic E-state index is -1.03. The maximum atomic E-state index is 13.5. The van der Waals surface area contributed by atoms with Gasteiger partial charge in [-0.25, -0.2) is 0 Å². The summed E-state index contributed by atoms with van der Waals surface area (Å²) in [5.74, 6) is -1.67. The van der Waals surface area contributed by atoms with Gasteiger partial charge in [-0.1, -0.05) is 17.7 Å². The molecule has 0 spiro atoms. The van der Waals surface area contributed by atoms with E-state index < -0.39 is 29.7 Å². The Bertz CT molecular complexity index is 2190. The number of hydrogen-bond donors (Lipinski definition) is 2. The number of fused-ring (bicyclic) bond motifs is 3. The zero-order valence-electron chi connectivity index (χ0n) is 30.1. The largest absolute Gasteiger partial charge is 0.490 e. The van der Waals surface area contributed by atoms with Gasteiger partial charge >= 0.3 is 0 Å². The fourth-order valence-corrected chi connectivity index (χ4v) is 8.58. The summed E-state index contributed by atoms with van der Waals surface area (Å²) in [5.41, 5.74) is 5.37. The molecule has 1 atom stereocenters. The van der Waals surface area contributed by atoms with Gasteiger partial charge in [-0.3, -0.25) is 43.9 Å². The van der Waals surface area contributed by atoms with Crippen LogP contribution >= 0.6 is 11.6 Å². The summed E-state index contributed by atoms with van der Waals surface area (Å²) in [6, 6.07) is 15.3. The lowest BCUT2D eigenvalue weighted by atomic mass is 9.92. The summed E-state index contributed by atoms with van der Waals surface area (Å²) in [7, 11) is 0. The predicted octanol–water partition coefficient (Wildman–Crippen LogP) is 3.68. The Kier molecular flexibility index (Phi) is 9.88. The fourth-order valence-electron chi connectivity index (χ4n) is 8.36. The van der Waals surface area contributed by atoms with Gasteiger partial charge in [-0.05, 0) is 104 Å². The van der Waals surface area contributed by atoms with Crippen LogP contribution in [-0.2, 0) is 40.3 Å². The van der Waals surface area contributed by atoms with E-state index in [1.807, 2.05) is 24.3 Å². The third-order valence-electron chi connectivity index (χ3n) is 11.4. The Hall–Kier alpha value is -5.58. The summed E-state index contributed by atoms with van der Waals surface area (Å²) in [5, 5.41) is 14.9. The van der Waals surface area contributed by atoms with E-state index in [-0.39, 0.29) is 54.5 Å². The Balaban J connectivity index is 0.826. The first-order valence-electron chi connectivity index (χ1n) is 18.7. The van der Waals surface area contributed by atoms with Crippen LogP contribution in [0.4, 0.5) is 0 Å². The summed E-state index contributed by atoms with van der Waals surface area (Å²) < 4.78 is 6.09. The van der Waals surface area contributed by atoms with Crippen molar-refractivity contribution in [2.75, 3.05) is 19.6 Å². The lowest BCUT2D eigenvalue weighted by Crippen LogP contribution is -2.54. The zero-order chi connectivity index (χ0) is 38.4. The number of amides is 6. The zero-order valence-corrected chi connectivity index (χ0v) is 30.8. The number of carbonyl (C=O) groups is 6. The molecule has 1 saturated heterocycles. The van der Waals surface area contributed by atoms with Gasteiger partial charge in [0.05, 0.1) is 34.4 Å². The third-order valence-corrected chi connectivity index (χ3v) is 11.7. The van der Waals surface area contributed by atoms with Crippen molar-refractivity contribution in [1.29, 1.82) is 5.26 Å². The second-order valence-corrected chi connectivity index (χ2v) is 15.3. The quantitative estimate of drug-likeness (QED) is 0.341. The highest BCUT2D eigenvalue weighted by Gasteiger charge is 2.45. The number of imide groups is 2. The van der Waals surface area contributed by atoms with E-state index in [2.05, 4.69) is 15.5 Å². The van der Waals surface area contributed by atoms with Crippen molar-refractivity contribution in [3.63, 3.8) is 0 Å². The Labute approximate surface area is 322 Å². The van der Waals surface area contributed by atoms with Crippen LogP contribution in [0.1, 0.15) is 97.4 Å². The molecular weight excluding hydrogens is 724 g/mol. The monoisotopic (exact) mass is 762 g/mol. The first-order chi connectivity index (χ1) is 26.5. The molecule has 0 aromatic heterocycles. The molecule has 0 bridgehead atoms. The van der Waals surface area contributed by atoms with Crippen LogP contribution in [-0.4, -0.2) is 88.0 Å². The highest BCUT2D eigenvalue weighted by Crippen LogP contribution is 2.33.